The lowest BCUT2D eigenvalue weighted by Crippen LogP contribution is -2.23. The summed E-state index contributed by atoms with van der Waals surface area (Å²) >= 11 is 0. The molecule has 1 unspecified atom stereocenters. The number of rotatable bonds is 6. The maximum absolute atomic E-state index is 12.9. The van der Waals surface area contributed by atoms with E-state index in [-0.39, 0.29) is 5.91 Å². The Kier molecular flexibility index (Phi) is 6.01. The molecule has 7 nitrogen and oxygen atoms in total. The zero-order chi connectivity index (χ0) is 24.5. The van der Waals surface area contributed by atoms with Crippen molar-refractivity contribution in [3.05, 3.63) is 100 Å². The minimum absolute atomic E-state index is 0.174. The summed E-state index contributed by atoms with van der Waals surface area (Å²) in [4.78, 5) is 21.9. The highest BCUT2D eigenvalue weighted by Gasteiger charge is 2.13. The summed E-state index contributed by atoms with van der Waals surface area (Å²) in [6.07, 6.45) is 3.36. The van der Waals surface area contributed by atoms with Crippen LogP contribution in [-0.4, -0.2) is 31.2 Å². The summed E-state index contributed by atoms with van der Waals surface area (Å²) in [7, 11) is 0. The summed E-state index contributed by atoms with van der Waals surface area (Å²) < 4.78 is 0. The van der Waals surface area contributed by atoms with Gasteiger partial charge in [-0.05, 0) is 68.3 Å². The van der Waals surface area contributed by atoms with Gasteiger partial charge in [-0.1, -0.05) is 17.7 Å². The van der Waals surface area contributed by atoms with E-state index in [1.807, 2.05) is 44.3 Å². The van der Waals surface area contributed by atoms with Crippen molar-refractivity contribution in [3.63, 3.8) is 0 Å². The minimum atomic E-state index is -0.639. The molecule has 0 bridgehead atoms. The van der Waals surface area contributed by atoms with Gasteiger partial charge in [-0.3, -0.25) is 19.9 Å². The standard InChI is InChI=1S/C28H27N5O2/c1-16-4-5-25-24(9-16)26(33-32-25)15-31-28(35)20-6-7-29-22(13-20)11-19-10-21-8-17(2)14-30-27(21)23(12-19)18(3)34/h4-10,12-14,18,34H,11,15H2,1-3H3,(H,31,35)(H,32,33). The number of amides is 1. The molecule has 0 saturated heterocycles. The van der Waals surface area contributed by atoms with Gasteiger partial charge in [0.1, 0.15) is 0 Å². The number of aliphatic hydroxyl groups excluding tert-OH is 1. The summed E-state index contributed by atoms with van der Waals surface area (Å²) in [5.41, 5.74) is 7.86. The lowest BCUT2D eigenvalue weighted by atomic mass is 9.98. The number of fused-ring (bicyclic) bond motifs is 2. The normalized spacial score (nSPS) is 12.2. The molecule has 0 aliphatic carbocycles. The van der Waals surface area contributed by atoms with Crippen LogP contribution in [0.2, 0.25) is 0 Å². The predicted molar refractivity (Wildman–Crippen MR) is 136 cm³/mol. The van der Waals surface area contributed by atoms with Crippen LogP contribution in [0.5, 0.6) is 0 Å². The van der Waals surface area contributed by atoms with Crippen molar-refractivity contribution in [3.8, 4) is 0 Å². The van der Waals surface area contributed by atoms with Gasteiger partial charge in [0.05, 0.1) is 29.4 Å². The Hall–Kier alpha value is -4.10. The predicted octanol–water partition coefficient (Wildman–Crippen LogP) is 4.70. The Morgan fingerprint density at radius 2 is 1.91 bits per heavy atom. The number of aromatic amines is 1. The molecule has 5 aromatic rings. The van der Waals surface area contributed by atoms with Gasteiger partial charge in [-0.2, -0.15) is 5.10 Å². The van der Waals surface area contributed by atoms with Crippen molar-refractivity contribution in [1.29, 1.82) is 0 Å². The highest BCUT2D eigenvalue weighted by atomic mass is 16.3. The summed E-state index contributed by atoms with van der Waals surface area (Å²) in [5, 5.41) is 22.6. The number of hydrogen-bond donors (Lipinski definition) is 3. The van der Waals surface area contributed by atoms with Crippen molar-refractivity contribution in [2.45, 2.75) is 39.8 Å². The number of nitrogens with one attached hydrogen (secondary N) is 2. The quantitative estimate of drug-likeness (QED) is 0.337. The topological polar surface area (TPSA) is 104 Å². The van der Waals surface area contributed by atoms with Crippen LogP contribution >= 0.6 is 0 Å². The van der Waals surface area contributed by atoms with Crippen molar-refractivity contribution >= 4 is 27.7 Å². The van der Waals surface area contributed by atoms with Crippen LogP contribution in [0, 0.1) is 13.8 Å². The van der Waals surface area contributed by atoms with Crippen molar-refractivity contribution in [2.24, 2.45) is 0 Å². The summed E-state index contributed by atoms with van der Waals surface area (Å²) in [5.74, 6) is -0.174. The molecule has 1 atom stereocenters. The van der Waals surface area contributed by atoms with Gasteiger partial charge in [0.2, 0.25) is 0 Å². The van der Waals surface area contributed by atoms with E-state index in [9.17, 15) is 9.90 Å². The van der Waals surface area contributed by atoms with Crippen LogP contribution in [-0.2, 0) is 13.0 Å². The number of hydrogen-bond acceptors (Lipinski definition) is 5. The smallest absolute Gasteiger partial charge is 0.251 e. The highest BCUT2D eigenvalue weighted by Crippen LogP contribution is 2.26. The Morgan fingerprint density at radius 3 is 2.74 bits per heavy atom. The lowest BCUT2D eigenvalue weighted by molar-refractivity contribution is 0.0950. The van der Waals surface area contributed by atoms with E-state index in [2.05, 4.69) is 43.7 Å². The van der Waals surface area contributed by atoms with Gasteiger partial charge in [-0.15, -0.1) is 0 Å². The van der Waals surface area contributed by atoms with E-state index >= 15 is 0 Å². The number of benzene rings is 2. The van der Waals surface area contributed by atoms with E-state index in [0.29, 0.717) is 18.5 Å². The maximum Gasteiger partial charge on any atom is 0.251 e. The van der Waals surface area contributed by atoms with Gasteiger partial charge in [0, 0.05) is 46.4 Å². The number of H-pyrrole nitrogens is 1. The molecular formula is C28H27N5O2. The Morgan fingerprint density at radius 1 is 1.06 bits per heavy atom. The molecule has 2 aromatic carbocycles. The van der Waals surface area contributed by atoms with Gasteiger partial charge in [0.15, 0.2) is 0 Å². The van der Waals surface area contributed by atoms with Crippen LogP contribution < -0.4 is 5.32 Å². The fourth-order valence-electron chi connectivity index (χ4n) is 4.38. The molecule has 3 heterocycles. The van der Waals surface area contributed by atoms with Gasteiger partial charge in [-0.25, -0.2) is 0 Å². The largest absolute Gasteiger partial charge is 0.389 e. The zero-order valence-corrected chi connectivity index (χ0v) is 20.0. The molecule has 0 aliphatic heterocycles. The average molecular weight is 466 g/mol. The molecule has 3 N–H and O–H groups in total. The third-order valence-electron chi connectivity index (χ3n) is 6.14. The van der Waals surface area contributed by atoms with Crippen LogP contribution in [0.4, 0.5) is 0 Å². The SMILES string of the molecule is Cc1cnc2c(C(C)O)cc(Cc3cc(C(=O)NCc4[nH]nc5ccc(C)cc45)ccn3)cc2c1. The Labute approximate surface area is 203 Å². The monoisotopic (exact) mass is 465 g/mol. The third-order valence-corrected chi connectivity index (χ3v) is 6.14. The summed E-state index contributed by atoms with van der Waals surface area (Å²) in [6, 6.07) is 15.7. The second-order valence-electron chi connectivity index (χ2n) is 9.06. The first-order chi connectivity index (χ1) is 16.9. The molecule has 0 saturated carbocycles. The molecule has 5 rings (SSSR count). The molecule has 0 radical (unpaired) electrons. The van der Waals surface area contributed by atoms with Crippen LogP contribution in [0.1, 0.15) is 57.0 Å². The number of nitrogens with zero attached hydrogens (tertiary/aromatic N) is 3. The number of aromatic nitrogens is 4. The number of aliphatic hydroxyl groups is 1. The van der Waals surface area contributed by atoms with E-state index in [4.69, 9.17) is 0 Å². The molecule has 7 heteroatoms. The van der Waals surface area contributed by atoms with E-state index in [0.717, 1.165) is 55.4 Å². The molecule has 1 amide bonds. The molecule has 3 aromatic heterocycles. The zero-order valence-electron chi connectivity index (χ0n) is 20.0. The van der Waals surface area contributed by atoms with Crippen molar-refractivity contribution < 1.29 is 9.90 Å². The first kappa shape index (κ1) is 22.7. The van der Waals surface area contributed by atoms with E-state index in [1.54, 1.807) is 19.2 Å². The highest BCUT2D eigenvalue weighted by molar-refractivity contribution is 5.94. The van der Waals surface area contributed by atoms with Gasteiger partial charge in [0.25, 0.3) is 5.91 Å². The lowest BCUT2D eigenvalue weighted by Gasteiger charge is -2.13. The maximum atomic E-state index is 12.9. The number of carbonyl (C=O) groups excluding carboxylic acids is 1. The van der Waals surface area contributed by atoms with Crippen molar-refractivity contribution in [2.75, 3.05) is 0 Å². The average Bonchev–Trinajstić information content (AvgIpc) is 3.23. The molecular weight excluding hydrogens is 438 g/mol. The second-order valence-corrected chi connectivity index (χ2v) is 9.06. The first-order valence-electron chi connectivity index (χ1n) is 11.6. The van der Waals surface area contributed by atoms with E-state index < -0.39 is 6.10 Å². The van der Waals surface area contributed by atoms with E-state index in [1.165, 1.54) is 0 Å². The second kappa shape index (κ2) is 9.27. The van der Waals surface area contributed by atoms with Gasteiger partial charge < -0.3 is 10.4 Å². The summed E-state index contributed by atoms with van der Waals surface area (Å²) in [6.45, 7) is 6.13. The molecule has 176 valence electrons. The van der Waals surface area contributed by atoms with Crippen LogP contribution in [0.3, 0.4) is 0 Å². The minimum Gasteiger partial charge on any atom is -0.389 e. The van der Waals surface area contributed by atoms with Crippen LogP contribution in [0.15, 0.2) is 60.9 Å². The molecule has 35 heavy (non-hydrogen) atoms. The van der Waals surface area contributed by atoms with Crippen molar-refractivity contribution in [1.82, 2.24) is 25.5 Å². The van der Waals surface area contributed by atoms with Crippen LogP contribution in [0.25, 0.3) is 21.8 Å². The molecule has 0 aliphatic rings. The number of pyridine rings is 2. The van der Waals surface area contributed by atoms with Gasteiger partial charge >= 0.3 is 0 Å². The number of aryl methyl sites for hydroxylation is 2. The molecule has 0 spiro atoms. The fourth-order valence-corrected chi connectivity index (χ4v) is 4.38. The Bertz CT molecular complexity index is 1550. The molecule has 0 fully saturated rings. The fraction of sp³-hybridized carbons (Fsp3) is 0.214. The Balaban J connectivity index is 1.35. The first-order valence-corrected chi connectivity index (χ1v) is 11.6. The third kappa shape index (κ3) is 4.76. The number of carbonyl (C=O) groups is 1.